The normalized spacial score (nSPS) is 10.9. The zero-order valence-corrected chi connectivity index (χ0v) is 11.6. The number of rotatable bonds is 1. The minimum atomic E-state index is 0.700. The van der Waals surface area contributed by atoms with Gasteiger partial charge < -0.3 is 0 Å². The molecule has 19 heavy (non-hydrogen) atoms. The summed E-state index contributed by atoms with van der Waals surface area (Å²) < 4.78 is 0. The maximum absolute atomic E-state index is 6.01. The number of aromatic nitrogens is 2. The van der Waals surface area contributed by atoms with Crippen LogP contribution in [0.2, 0.25) is 5.02 Å². The molecule has 0 fully saturated rings. The summed E-state index contributed by atoms with van der Waals surface area (Å²) in [5.74, 6) is 0. The van der Waals surface area contributed by atoms with Crippen LogP contribution in [0, 0.1) is 13.8 Å². The van der Waals surface area contributed by atoms with Crippen molar-refractivity contribution in [3.63, 3.8) is 0 Å². The highest BCUT2D eigenvalue weighted by Crippen LogP contribution is 2.28. The Labute approximate surface area is 117 Å². The van der Waals surface area contributed by atoms with Gasteiger partial charge in [-0.3, -0.25) is 9.97 Å². The molecule has 3 heteroatoms. The number of aryl methyl sites for hydroxylation is 2. The summed E-state index contributed by atoms with van der Waals surface area (Å²) in [6, 6.07) is 11.9. The molecule has 0 saturated carbocycles. The van der Waals surface area contributed by atoms with Gasteiger partial charge in [-0.15, -0.1) is 0 Å². The monoisotopic (exact) mass is 268 g/mol. The molecule has 0 N–H and O–H groups in total. The average Bonchev–Trinajstić information content (AvgIpc) is 2.36. The summed E-state index contributed by atoms with van der Waals surface area (Å²) in [6.07, 6.45) is 1.80. The first-order chi connectivity index (χ1) is 9.13. The van der Waals surface area contributed by atoms with Crippen LogP contribution in [0.1, 0.15) is 11.3 Å². The van der Waals surface area contributed by atoms with Crippen molar-refractivity contribution >= 4 is 22.5 Å². The molecular formula is C16H13ClN2. The van der Waals surface area contributed by atoms with E-state index in [4.69, 9.17) is 11.6 Å². The Hall–Kier alpha value is -1.93. The van der Waals surface area contributed by atoms with E-state index in [0.717, 1.165) is 27.9 Å². The molecule has 3 rings (SSSR count). The summed E-state index contributed by atoms with van der Waals surface area (Å²) in [5, 5.41) is 1.77. The summed E-state index contributed by atoms with van der Waals surface area (Å²) >= 11 is 6.01. The van der Waals surface area contributed by atoms with E-state index in [1.165, 1.54) is 5.56 Å². The van der Waals surface area contributed by atoms with Gasteiger partial charge >= 0.3 is 0 Å². The Morgan fingerprint density at radius 1 is 1.00 bits per heavy atom. The van der Waals surface area contributed by atoms with Crippen LogP contribution >= 0.6 is 11.6 Å². The fourth-order valence-corrected chi connectivity index (χ4v) is 2.49. The molecule has 0 bridgehead atoms. The fraction of sp³-hybridized carbons (Fsp3) is 0.125. The van der Waals surface area contributed by atoms with Crippen molar-refractivity contribution in [3.05, 3.63) is 58.9 Å². The maximum Gasteiger partial charge on any atom is 0.0723 e. The second kappa shape index (κ2) is 4.63. The zero-order valence-electron chi connectivity index (χ0n) is 10.8. The maximum atomic E-state index is 6.01. The number of fused-ring (bicyclic) bond motifs is 1. The van der Waals surface area contributed by atoms with Crippen LogP contribution in [-0.4, -0.2) is 9.97 Å². The van der Waals surface area contributed by atoms with Crippen molar-refractivity contribution in [3.8, 4) is 11.3 Å². The highest BCUT2D eigenvalue weighted by atomic mass is 35.5. The van der Waals surface area contributed by atoms with Gasteiger partial charge in [-0.1, -0.05) is 17.7 Å². The molecule has 1 aromatic carbocycles. The number of hydrogen-bond donors (Lipinski definition) is 0. The number of pyridine rings is 2. The lowest BCUT2D eigenvalue weighted by molar-refractivity contribution is 1.18. The first-order valence-electron chi connectivity index (χ1n) is 6.13. The molecule has 0 aliphatic rings. The Kier molecular flexibility index (Phi) is 2.96. The third-order valence-corrected chi connectivity index (χ3v) is 3.31. The van der Waals surface area contributed by atoms with Gasteiger partial charge in [0.15, 0.2) is 0 Å². The fourth-order valence-electron chi connectivity index (χ4n) is 2.32. The highest BCUT2D eigenvalue weighted by molar-refractivity contribution is 6.31. The SMILES string of the molecule is Cc1cc(C)nc(-c2ccnc3cc(Cl)ccc23)c1. The molecule has 0 saturated heterocycles. The van der Waals surface area contributed by atoms with Gasteiger partial charge in [-0.25, -0.2) is 0 Å². The van der Waals surface area contributed by atoms with Crippen molar-refractivity contribution in [2.24, 2.45) is 0 Å². The summed E-state index contributed by atoms with van der Waals surface area (Å²) in [5.41, 5.74) is 5.20. The van der Waals surface area contributed by atoms with Crippen LogP contribution in [0.3, 0.4) is 0 Å². The number of nitrogens with zero attached hydrogens (tertiary/aromatic N) is 2. The van der Waals surface area contributed by atoms with E-state index >= 15 is 0 Å². The Morgan fingerprint density at radius 2 is 1.84 bits per heavy atom. The molecular weight excluding hydrogens is 256 g/mol. The van der Waals surface area contributed by atoms with E-state index in [0.29, 0.717) is 5.02 Å². The Morgan fingerprint density at radius 3 is 2.63 bits per heavy atom. The lowest BCUT2D eigenvalue weighted by Gasteiger charge is -2.08. The van der Waals surface area contributed by atoms with Crippen molar-refractivity contribution in [1.82, 2.24) is 9.97 Å². The summed E-state index contributed by atoms with van der Waals surface area (Å²) in [7, 11) is 0. The summed E-state index contributed by atoms with van der Waals surface area (Å²) in [6.45, 7) is 4.09. The molecule has 0 atom stereocenters. The van der Waals surface area contributed by atoms with Gasteiger partial charge in [0.1, 0.15) is 0 Å². The number of hydrogen-bond acceptors (Lipinski definition) is 2. The van der Waals surface area contributed by atoms with E-state index in [1.54, 1.807) is 6.20 Å². The first kappa shape index (κ1) is 12.1. The van der Waals surface area contributed by atoms with Crippen LogP contribution < -0.4 is 0 Å². The molecule has 94 valence electrons. The molecule has 3 aromatic rings. The molecule has 2 nitrogen and oxygen atoms in total. The molecule has 2 aromatic heterocycles. The van der Waals surface area contributed by atoms with Crippen molar-refractivity contribution < 1.29 is 0 Å². The van der Waals surface area contributed by atoms with Crippen LogP contribution in [0.5, 0.6) is 0 Å². The molecule has 0 amide bonds. The van der Waals surface area contributed by atoms with Crippen molar-refractivity contribution in [2.75, 3.05) is 0 Å². The number of halogens is 1. The average molecular weight is 269 g/mol. The largest absolute Gasteiger partial charge is 0.256 e. The van der Waals surface area contributed by atoms with Crippen LogP contribution in [0.15, 0.2) is 42.6 Å². The highest BCUT2D eigenvalue weighted by Gasteiger charge is 2.07. The number of benzene rings is 1. The van der Waals surface area contributed by atoms with E-state index < -0.39 is 0 Å². The van der Waals surface area contributed by atoms with Gasteiger partial charge in [0.2, 0.25) is 0 Å². The predicted molar refractivity (Wildman–Crippen MR) is 79.5 cm³/mol. The van der Waals surface area contributed by atoms with Crippen molar-refractivity contribution in [1.29, 1.82) is 0 Å². The van der Waals surface area contributed by atoms with Gasteiger partial charge in [-0.2, -0.15) is 0 Å². The van der Waals surface area contributed by atoms with Crippen LogP contribution in [-0.2, 0) is 0 Å². The van der Waals surface area contributed by atoms with Gasteiger partial charge in [0.25, 0.3) is 0 Å². The van der Waals surface area contributed by atoms with E-state index in [2.05, 4.69) is 29.0 Å². The van der Waals surface area contributed by atoms with Crippen LogP contribution in [0.25, 0.3) is 22.2 Å². The second-order valence-corrected chi connectivity index (χ2v) is 5.13. The van der Waals surface area contributed by atoms with Gasteiger partial charge in [0.05, 0.1) is 11.2 Å². The molecule has 0 unspecified atom stereocenters. The topological polar surface area (TPSA) is 25.8 Å². The quantitative estimate of drug-likeness (QED) is 0.646. The predicted octanol–water partition coefficient (Wildman–Crippen LogP) is 4.57. The standard InChI is InChI=1S/C16H13ClN2/c1-10-7-11(2)19-16(8-10)14-5-6-18-15-9-12(17)3-4-13(14)15/h3-9H,1-2H3. The lowest BCUT2D eigenvalue weighted by atomic mass is 10.0. The van der Waals surface area contributed by atoms with Crippen molar-refractivity contribution in [2.45, 2.75) is 13.8 Å². The van der Waals surface area contributed by atoms with E-state index in [-0.39, 0.29) is 0 Å². The van der Waals surface area contributed by atoms with E-state index in [9.17, 15) is 0 Å². The Bertz CT molecular complexity index is 746. The minimum absolute atomic E-state index is 0.700. The third-order valence-electron chi connectivity index (χ3n) is 3.08. The van der Waals surface area contributed by atoms with Crippen LogP contribution in [0.4, 0.5) is 0 Å². The smallest absolute Gasteiger partial charge is 0.0723 e. The summed E-state index contributed by atoms with van der Waals surface area (Å²) in [4.78, 5) is 8.98. The van der Waals surface area contributed by atoms with Gasteiger partial charge in [0, 0.05) is 27.9 Å². The zero-order chi connectivity index (χ0) is 13.4. The molecule has 0 spiro atoms. The van der Waals surface area contributed by atoms with E-state index in [1.807, 2.05) is 31.2 Å². The molecule has 2 heterocycles. The molecule has 0 aliphatic carbocycles. The Balaban J connectivity index is 2.30. The third kappa shape index (κ3) is 2.32. The second-order valence-electron chi connectivity index (χ2n) is 4.69. The first-order valence-corrected chi connectivity index (χ1v) is 6.51. The minimum Gasteiger partial charge on any atom is -0.256 e. The van der Waals surface area contributed by atoms with Gasteiger partial charge in [-0.05, 0) is 49.7 Å². The molecule has 0 radical (unpaired) electrons. The molecule has 0 aliphatic heterocycles. The lowest BCUT2D eigenvalue weighted by Crippen LogP contribution is -1.91.